The van der Waals surface area contributed by atoms with E-state index >= 15 is 0 Å². The van der Waals surface area contributed by atoms with E-state index in [1.54, 1.807) is 31.1 Å². The smallest absolute Gasteiger partial charge is 0.335 e. The molecule has 17 heteroatoms. The van der Waals surface area contributed by atoms with Crippen molar-refractivity contribution in [2.75, 3.05) is 57.1 Å². The Morgan fingerprint density at radius 2 is 1.01 bits per heavy atom. The van der Waals surface area contributed by atoms with Crippen molar-refractivity contribution in [3.05, 3.63) is 178 Å². The second-order valence-electron chi connectivity index (χ2n) is 20.4. The highest BCUT2D eigenvalue weighted by Crippen LogP contribution is 2.38. The van der Waals surface area contributed by atoms with Gasteiger partial charge in [-0.1, -0.05) is 72.8 Å². The van der Waals surface area contributed by atoms with E-state index in [0.717, 1.165) is 71.7 Å². The number of nitrogens with zero attached hydrogens (tertiary/aromatic N) is 6. The highest BCUT2D eigenvalue weighted by molar-refractivity contribution is 6.23. The molecule has 5 heterocycles. The van der Waals surface area contributed by atoms with Crippen molar-refractivity contribution in [3.63, 3.8) is 0 Å². The number of likely N-dealkylation sites (tertiary alicyclic amines) is 1. The van der Waals surface area contributed by atoms with E-state index in [9.17, 15) is 44.4 Å². The standard InChI is InChI=1S/C32H32N4O4.C30H28N4O5/c1-35-14-11-20(12-15-35)17-28(37)36-16-13-22-18-24(8-10-27(22)36)33-30(21-5-3-2-4-6-21)29-25-9-7-23(32(39)40)19-26(25)34-31(29)38;1-33(2)25(35)12-13-26(36)34-15-14-19-16-21(9-11-24(19)34)31-28(18-6-4-3-5-7-18)27-22-10-8-20(30(38)39)17-23(22)32-29(27)37/h2-10,18-20,34,38H,11-17H2,1H3,(H,39,40);3-11,16-17,32,37H,12-15H2,1-2H3,(H,38,39). The number of carboxylic acids is 2. The van der Waals surface area contributed by atoms with Crippen LogP contribution < -0.4 is 9.80 Å². The van der Waals surface area contributed by atoms with Crippen molar-refractivity contribution in [1.29, 1.82) is 0 Å². The molecule has 0 unspecified atom stereocenters. The van der Waals surface area contributed by atoms with Crippen LogP contribution in [0.15, 0.2) is 143 Å². The number of aliphatic imine (C=N–C) groups is 2. The first kappa shape index (κ1) is 53.1. The molecule has 6 aromatic carbocycles. The van der Waals surface area contributed by atoms with Gasteiger partial charge in [-0.2, -0.15) is 0 Å². The lowest BCUT2D eigenvalue weighted by Gasteiger charge is -2.29. The van der Waals surface area contributed by atoms with Gasteiger partial charge in [0.1, 0.15) is 0 Å². The number of fused-ring (bicyclic) bond motifs is 4. The molecule has 3 aliphatic rings. The molecule has 3 amide bonds. The monoisotopic (exact) mass is 1060 g/mol. The fraction of sp³-hybridized carbons (Fsp3) is 0.242. The second-order valence-corrected chi connectivity index (χ2v) is 20.4. The number of piperidine rings is 1. The molecule has 402 valence electrons. The Balaban J connectivity index is 0.000000178. The van der Waals surface area contributed by atoms with E-state index in [1.165, 1.54) is 29.2 Å². The van der Waals surface area contributed by atoms with Crippen molar-refractivity contribution < 1.29 is 44.4 Å². The molecule has 6 N–H and O–H groups in total. The van der Waals surface area contributed by atoms with E-state index in [-0.39, 0.29) is 53.5 Å². The van der Waals surface area contributed by atoms with Crippen LogP contribution in [0.4, 0.5) is 22.7 Å². The lowest BCUT2D eigenvalue weighted by molar-refractivity contribution is -0.131. The first-order valence-corrected chi connectivity index (χ1v) is 26.3. The number of hydrogen-bond donors (Lipinski definition) is 6. The van der Waals surface area contributed by atoms with Gasteiger partial charge in [0.2, 0.25) is 17.7 Å². The van der Waals surface area contributed by atoms with E-state index in [0.29, 0.717) is 81.9 Å². The van der Waals surface area contributed by atoms with Gasteiger partial charge in [0, 0.05) is 90.8 Å². The number of carboxylic acid groups (broad SMARTS) is 2. The zero-order valence-corrected chi connectivity index (χ0v) is 44.1. The number of amides is 3. The maximum Gasteiger partial charge on any atom is 0.335 e. The number of aromatic hydroxyl groups is 2. The van der Waals surface area contributed by atoms with Crippen LogP contribution in [0.5, 0.6) is 11.8 Å². The average Bonchev–Trinajstić information content (AvgIpc) is 4.41. The van der Waals surface area contributed by atoms with E-state index in [2.05, 4.69) is 21.9 Å². The fourth-order valence-corrected chi connectivity index (χ4v) is 10.7. The van der Waals surface area contributed by atoms with Crippen molar-refractivity contribution >= 4 is 85.6 Å². The van der Waals surface area contributed by atoms with Crippen LogP contribution >= 0.6 is 0 Å². The summed E-state index contributed by atoms with van der Waals surface area (Å²) in [6.07, 6.45) is 4.49. The summed E-state index contributed by atoms with van der Waals surface area (Å²) in [7, 11) is 5.48. The summed E-state index contributed by atoms with van der Waals surface area (Å²) >= 11 is 0. The number of aromatic nitrogens is 2. The highest BCUT2D eigenvalue weighted by Gasteiger charge is 2.30. The Morgan fingerprint density at radius 1 is 0.557 bits per heavy atom. The third kappa shape index (κ3) is 11.4. The molecule has 1 saturated heterocycles. The van der Waals surface area contributed by atoms with Gasteiger partial charge >= 0.3 is 11.9 Å². The molecule has 0 spiro atoms. The minimum Gasteiger partial charge on any atom is -0.494 e. The molecule has 0 bridgehead atoms. The van der Waals surface area contributed by atoms with Crippen molar-refractivity contribution in [3.8, 4) is 11.8 Å². The minimum absolute atomic E-state index is 0.0769. The molecular weight excluding hydrogens is 1000 g/mol. The summed E-state index contributed by atoms with van der Waals surface area (Å²) < 4.78 is 0. The van der Waals surface area contributed by atoms with Gasteiger partial charge in [-0.25, -0.2) is 19.6 Å². The Hall–Kier alpha value is -9.35. The van der Waals surface area contributed by atoms with E-state index in [1.807, 2.05) is 102 Å². The number of H-pyrrole nitrogens is 2. The lowest BCUT2D eigenvalue weighted by atomic mass is 9.93. The van der Waals surface area contributed by atoms with Gasteiger partial charge in [-0.05, 0) is 124 Å². The SMILES string of the molecule is CN(C)C(=O)CCC(=O)N1CCc2cc(N=C(c3ccccc3)c3c(O)[nH]c4cc(C(=O)O)ccc34)ccc21.CN1CCC(CC(=O)N2CCc3cc(N=C(c4ccccc4)c4c(O)[nH]c5cc(C(=O)O)ccc45)ccc32)CC1. The summed E-state index contributed by atoms with van der Waals surface area (Å²) in [5, 5.41) is 41.9. The highest BCUT2D eigenvalue weighted by atomic mass is 16.4. The third-order valence-electron chi connectivity index (χ3n) is 15.0. The fourth-order valence-electron chi connectivity index (χ4n) is 10.7. The average molecular weight is 1060 g/mol. The van der Waals surface area contributed by atoms with E-state index in [4.69, 9.17) is 9.98 Å². The molecule has 2 aromatic heterocycles. The second kappa shape index (κ2) is 22.7. The number of rotatable bonds is 13. The summed E-state index contributed by atoms with van der Waals surface area (Å²) in [5.41, 5.74) is 10.1. The van der Waals surface area contributed by atoms with Gasteiger partial charge in [0.15, 0.2) is 11.8 Å². The summed E-state index contributed by atoms with van der Waals surface area (Å²) in [4.78, 5) is 84.0. The maximum atomic E-state index is 13.2. The normalized spacial score (nSPS) is 14.7. The van der Waals surface area contributed by atoms with Crippen LogP contribution in [0.2, 0.25) is 0 Å². The van der Waals surface area contributed by atoms with Gasteiger partial charge in [-0.15, -0.1) is 0 Å². The molecular formula is C62H60N8O9. The largest absolute Gasteiger partial charge is 0.494 e. The third-order valence-corrected chi connectivity index (χ3v) is 15.0. The van der Waals surface area contributed by atoms with Crippen molar-refractivity contribution in [2.45, 2.75) is 44.9 Å². The number of aromatic carboxylic acids is 2. The number of benzene rings is 6. The first-order chi connectivity index (χ1) is 38.1. The summed E-state index contributed by atoms with van der Waals surface area (Å²) in [6, 6.07) is 40.0. The van der Waals surface area contributed by atoms with Crippen LogP contribution in [0.25, 0.3) is 21.8 Å². The molecule has 11 rings (SSSR count). The Kier molecular flexibility index (Phi) is 15.2. The topological polar surface area (TPSA) is 236 Å². The zero-order chi connectivity index (χ0) is 55.5. The molecule has 8 aromatic rings. The molecule has 79 heavy (non-hydrogen) atoms. The molecule has 1 fully saturated rings. The summed E-state index contributed by atoms with van der Waals surface area (Å²) in [5.74, 6) is -1.81. The molecule has 0 saturated carbocycles. The van der Waals surface area contributed by atoms with Crippen LogP contribution in [0, 0.1) is 5.92 Å². The van der Waals surface area contributed by atoms with Crippen molar-refractivity contribution in [1.82, 2.24) is 19.8 Å². The van der Waals surface area contributed by atoms with Crippen LogP contribution in [-0.4, -0.2) is 129 Å². The van der Waals surface area contributed by atoms with Crippen molar-refractivity contribution in [2.24, 2.45) is 15.9 Å². The first-order valence-electron chi connectivity index (χ1n) is 26.3. The summed E-state index contributed by atoms with van der Waals surface area (Å²) in [6.45, 7) is 3.31. The van der Waals surface area contributed by atoms with Crippen LogP contribution in [0.1, 0.15) is 86.2 Å². The van der Waals surface area contributed by atoms with Crippen LogP contribution in [0.3, 0.4) is 0 Å². The number of aromatic amines is 2. The molecule has 17 nitrogen and oxygen atoms in total. The predicted molar refractivity (Wildman–Crippen MR) is 305 cm³/mol. The number of carbonyl (C=O) groups excluding carboxylic acids is 3. The quantitative estimate of drug-likeness (QED) is 0.0598. The van der Waals surface area contributed by atoms with Crippen LogP contribution in [-0.2, 0) is 27.2 Å². The van der Waals surface area contributed by atoms with Gasteiger partial charge < -0.3 is 50.0 Å². The predicted octanol–water partition coefficient (Wildman–Crippen LogP) is 9.86. The Labute approximate surface area is 455 Å². The number of nitrogens with one attached hydrogen (secondary N) is 2. The molecule has 0 atom stereocenters. The van der Waals surface area contributed by atoms with Gasteiger partial charge in [0.25, 0.3) is 0 Å². The maximum absolute atomic E-state index is 13.2. The Bertz CT molecular complexity index is 3720. The van der Waals surface area contributed by atoms with Gasteiger partial charge in [-0.3, -0.25) is 14.4 Å². The van der Waals surface area contributed by atoms with E-state index < -0.39 is 11.9 Å². The number of anilines is 2. The number of hydrogen-bond acceptors (Lipinski definition) is 10. The number of carbonyl (C=O) groups is 5. The molecule has 3 aliphatic heterocycles. The lowest BCUT2D eigenvalue weighted by Crippen LogP contribution is -2.35. The molecule has 0 aliphatic carbocycles. The minimum atomic E-state index is -1.06. The Morgan fingerprint density at radius 3 is 1.46 bits per heavy atom. The molecule has 0 radical (unpaired) electrons. The zero-order valence-electron chi connectivity index (χ0n) is 44.1. The van der Waals surface area contributed by atoms with Gasteiger partial charge in [0.05, 0.1) is 45.1 Å².